The van der Waals surface area contributed by atoms with Crippen molar-refractivity contribution in [1.82, 2.24) is 14.3 Å². The quantitative estimate of drug-likeness (QED) is 0.680. The Hall–Kier alpha value is -2.80. The van der Waals surface area contributed by atoms with Gasteiger partial charge in [0.05, 0.1) is 17.1 Å². The fraction of sp³-hybridized carbons (Fsp3) is 0.300. The molecule has 0 aliphatic carbocycles. The molecule has 4 nitrogen and oxygen atoms in total. The van der Waals surface area contributed by atoms with Gasteiger partial charge in [-0.2, -0.15) is 5.10 Å². The highest BCUT2D eigenvalue weighted by Crippen LogP contribution is 2.19. The van der Waals surface area contributed by atoms with E-state index in [-0.39, 0.29) is 11.6 Å². The third-order valence-corrected chi connectivity index (χ3v) is 4.09. The Morgan fingerprint density at radius 1 is 1.25 bits per heavy atom. The fourth-order valence-corrected chi connectivity index (χ4v) is 3.00. The predicted molar refractivity (Wildman–Crippen MR) is 97.2 cm³/mol. The van der Waals surface area contributed by atoms with Crippen LogP contribution in [0.1, 0.15) is 43.6 Å². The Balaban J connectivity index is 2.25. The van der Waals surface area contributed by atoms with Crippen molar-refractivity contribution in [3.05, 3.63) is 63.8 Å². The highest BCUT2D eigenvalue weighted by atomic mass is 16.1. The van der Waals surface area contributed by atoms with Gasteiger partial charge in [-0.05, 0) is 37.8 Å². The van der Waals surface area contributed by atoms with Gasteiger partial charge in [0.1, 0.15) is 0 Å². The maximum Gasteiger partial charge on any atom is 0.260 e. The molecule has 0 fully saturated rings. The van der Waals surface area contributed by atoms with Gasteiger partial charge in [-0.3, -0.25) is 9.48 Å². The molecule has 3 aromatic rings. The Labute approximate surface area is 141 Å². The highest BCUT2D eigenvalue weighted by Gasteiger charge is 2.12. The Kier molecular flexibility index (Phi) is 4.26. The van der Waals surface area contributed by atoms with Gasteiger partial charge < -0.3 is 4.57 Å². The maximum absolute atomic E-state index is 13.1. The fourth-order valence-electron chi connectivity index (χ4n) is 3.00. The Morgan fingerprint density at radius 2 is 2.04 bits per heavy atom. The van der Waals surface area contributed by atoms with E-state index in [1.54, 1.807) is 10.9 Å². The van der Waals surface area contributed by atoms with Crippen LogP contribution in [-0.4, -0.2) is 14.3 Å². The molecule has 2 aromatic heterocycles. The second-order valence-electron chi connectivity index (χ2n) is 6.18. The van der Waals surface area contributed by atoms with E-state index < -0.39 is 0 Å². The number of fused-ring (bicyclic) bond motifs is 1. The van der Waals surface area contributed by atoms with Crippen LogP contribution in [0.3, 0.4) is 0 Å². The minimum atomic E-state index is 0.0374. The summed E-state index contributed by atoms with van der Waals surface area (Å²) in [4.78, 5) is 13.1. The zero-order valence-electron chi connectivity index (χ0n) is 14.5. The Bertz CT molecular complexity index is 1010. The molecule has 24 heavy (non-hydrogen) atoms. The summed E-state index contributed by atoms with van der Waals surface area (Å²) in [6.45, 7) is 6.15. The van der Waals surface area contributed by atoms with E-state index in [0.29, 0.717) is 5.39 Å². The van der Waals surface area contributed by atoms with Gasteiger partial charge in [0, 0.05) is 30.5 Å². The number of aromatic nitrogens is 3. The zero-order chi connectivity index (χ0) is 17.3. The van der Waals surface area contributed by atoms with E-state index in [0.717, 1.165) is 28.6 Å². The van der Waals surface area contributed by atoms with Gasteiger partial charge in [0.15, 0.2) is 0 Å². The van der Waals surface area contributed by atoms with Gasteiger partial charge in [0.25, 0.3) is 5.56 Å². The number of benzene rings is 1. The van der Waals surface area contributed by atoms with E-state index in [1.165, 1.54) is 0 Å². The average molecular weight is 319 g/mol. The molecule has 1 aromatic carbocycles. The lowest BCUT2D eigenvalue weighted by atomic mass is 10.0. The molecule has 0 aliphatic heterocycles. The maximum atomic E-state index is 13.1. The van der Waals surface area contributed by atoms with E-state index in [9.17, 15) is 4.79 Å². The van der Waals surface area contributed by atoms with E-state index in [4.69, 9.17) is 0 Å². The molecule has 3 rings (SSSR count). The lowest BCUT2D eigenvalue weighted by molar-refractivity contribution is 0.557. The molecule has 122 valence electrons. The third-order valence-electron chi connectivity index (χ3n) is 4.09. The molecule has 4 heteroatoms. The smallest absolute Gasteiger partial charge is 0.260 e. The summed E-state index contributed by atoms with van der Waals surface area (Å²) in [5, 5.41) is 5.76. The molecule has 2 heterocycles. The number of hydrogen-bond acceptors (Lipinski definition) is 2. The van der Waals surface area contributed by atoms with Crippen molar-refractivity contribution in [2.24, 2.45) is 7.05 Å². The van der Waals surface area contributed by atoms with Crippen molar-refractivity contribution in [3.63, 3.8) is 0 Å². The van der Waals surface area contributed by atoms with Crippen LogP contribution in [0.4, 0.5) is 0 Å². The second kappa shape index (κ2) is 6.37. The highest BCUT2D eigenvalue weighted by molar-refractivity contribution is 5.88. The molecule has 0 saturated heterocycles. The standard InChI is InChI=1S/C20H21N3O/c1-5-18-11-17-8-6-7-16(10-9-15-12-21-22(4)13-15)19(17)20(24)23(18)14(2)3/h6-8,11-14H,5H2,1-4H3. The zero-order valence-corrected chi connectivity index (χ0v) is 14.5. The first kappa shape index (κ1) is 16.1. The van der Waals surface area contributed by atoms with Crippen molar-refractivity contribution in [2.75, 3.05) is 0 Å². The molecule has 0 radical (unpaired) electrons. The number of pyridine rings is 1. The molecule has 0 bridgehead atoms. The van der Waals surface area contributed by atoms with Crippen LogP contribution in [-0.2, 0) is 13.5 Å². The number of aryl methyl sites for hydroxylation is 2. The second-order valence-corrected chi connectivity index (χ2v) is 6.18. The lowest BCUT2D eigenvalue weighted by Crippen LogP contribution is -2.25. The summed E-state index contributed by atoms with van der Waals surface area (Å²) in [6.07, 6.45) is 4.41. The molecule has 0 N–H and O–H groups in total. The predicted octanol–water partition coefficient (Wildman–Crippen LogP) is 3.28. The first-order valence-corrected chi connectivity index (χ1v) is 8.19. The van der Waals surface area contributed by atoms with E-state index >= 15 is 0 Å². The minimum absolute atomic E-state index is 0.0374. The summed E-state index contributed by atoms with van der Waals surface area (Å²) < 4.78 is 3.59. The van der Waals surface area contributed by atoms with Crippen molar-refractivity contribution in [3.8, 4) is 11.8 Å². The summed E-state index contributed by atoms with van der Waals surface area (Å²) in [5.41, 5.74) is 2.69. The van der Waals surface area contributed by atoms with Crippen LogP contribution in [0.2, 0.25) is 0 Å². The lowest BCUT2D eigenvalue weighted by Gasteiger charge is -2.17. The van der Waals surface area contributed by atoms with Crippen LogP contribution in [0.25, 0.3) is 10.8 Å². The van der Waals surface area contributed by atoms with Crippen LogP contribution in [0.15, 0.2) is 41.5 Å². The first-order chi connectivity index (χ1) is 11.5. The average Bonchev–Trinajstić information content (AvgIpc) is 2.97. The monoisotopic (exact) mass is 319 g/mol. The van der Waals surface area contributed by atoms with Gasteiger partial charge in [0.2, 0.25) is 0 Å². The largest absolute Gasteiger partial charge is 0.310 e. The number of hydrogen-bond donors (Lipinski definition) is 0. The van der Waals surface area contributed by atoms with Gasteiger partial charge in [-0.15, -0.1) is 0 Å². The SMILES string of the molecule is CCc1cc2cccc(C#Cc3cnn(C)c3)c2c(=O)n1C(C)C. The van der Waals surface area contributed by atoms with Crippen molar-refractivity contribution in [1.29, 1.82) is 0 Å². The molecule has 0 spiro atoms. The molecule has 0 aliphatic rings. The topological polar surface area (TPSA) is 39.8 Å². The van der Waals surface area contributed by atoms with E-state index in [1.807, 2.05) is 49.9 Å². The summed E-state index contributed by atoms with van der Waals surface area (Å²) >= 11 is 0. The van der Waals surface area contributed by atoms with E-state index in [2.05, 4.69) is 29.9 Å². The van der Waals surface area contributed by atoms with Crippen molar-refractivity contribution < 1.29 is 0 Å². The van der Waals surface area contributed by atoms with Crippen LogP contribution >= 0.6 is 0 Å². The summed E-state index contributed by atoms with van der Waals surface area (Å²) in [6, 6.07) is 8.07. The van der Waals surface area contributed by atoms with Gasteiger partial charge >= 0.3 is 0 Å². The van der Waals surface area contributed by atoms with Crippen LogP contribution in [0.5, 0.6) is 0 Å². The number of nitrogens with zero attached hydrogens (tertiary/aromatic N) is 3. The van der Waals surface area contributed by atoms with Gasteiger partial charge in [-0.1, -0.05) is 30.9 Å². The minimum Gasteiger partial charge on any atom is -0.310 e. The third kappa shape index (κ3) is 2.85. The van der Waals surface area contributed by atoms with Gasteiger partial charge in [-0.25, -0.2) is 0 Å². The molecule has 0 amide bonds. The molecule has 0 unspecified atom stereocenters. The molecular weight excluding hydrogens is 298 g/mol. The summed E-state index contributed by atoms with van der Waals surface area (Å²) in [5.74, 6) is 6.24. The Morgan fingerprint density at radius 3 is 2.67 bits per heavy atom. The number of rotatable bonds is 2. The summed E-state index contributed by atoms with van der Waals surface area (Å²) in [7, 11) is 1.86. The van der Waals surface area contributed by atoms with Crippen molar-refractivity contribution >= 4 is 10.8 Å². The van der Waals surface area contributed by atoms with Crippen LogP contribution in [0, 0.1) is 11.8 Å². The van der Waals surface area contributed by atoms with Crippen LogP contribution < -0.4 is 5.56 Å². The molecular formula is C20H21N3O. The molecule has 0 atom stereocenters. The molecule has 0 saturated carbocycles. The first-order valence-electron chi connectivity index (χ1n) is 8.19. The van der Waals surface area contributed by atoms with Crippen molar-refractivity contribution in [2.45, 2.75) is 33.2 Å². The normalized spacial score (nSPS) is 10.9.